The summed E-state index contributed by atoms with van der Waals surface area (Å²) in [6, 6.07) is 5.67. The van der Waals surface area contributed by atoms with E-state index in [4.69, 9.17) is 0 Å². The molecule has 1 aromatic rings. The lowest BCUT2D eigenvalue weighted by Gasteiger charge is -2.08. The maximum atomic E-state index is 11.6. The molecule has 5 heteroatoms. The molecule has 0 aliphatic heterocycles. The fourth-order valence-electron chi connectivity index (χ4n) is 0.740. The van der Waals surface area contributed by atoms with E-state index in [1.54, 1.807) is 19.1 Å². The summed E-state index contributed by atoms with van der Waals surface area (Å²) >= 11 is 2.15. The molecular weight excluding hydrogens is 332 g/mol. The van der Waals surface area contributed by atoms with Crippen molar-refractivity contribution in [2.75, 3.05) is 4.93 Å². The molecule has 0 fully saturated rings. The van der Waals surface area contributed by atoms with Gasteiger partial charge in [0.2, 0.25) is 0 Å². The summed E-state index contributed by atoms with van der Waals surface area (Å²) in [6.07, 6.45) is -4.60. The van der Waals surface area contributed by atoms with Gasteiger partial charge in [0.1, 0.15) is 5.75 Å². The van der Waals surface area contributed by atoms with Crippen molar-refractivity contribution in [3.05, 3.63) is 29.8 Å². The van der Waals surface area contributed by atoms with E-state index in [0.29, 0.717) is 0 Å². The van der Waals surface area contributed by atoms with Crippen LogP contribution in [0, 0.1) is 6.92 Å². The van der Waals surface area contributed by atoms with Gasteiger partial charge in [-0.15, -0.1) is 13.2 Å². The number of hydrogen-bond acceptors (Lipinski definition) is 1. The molecule has 1 aromatic carbocycles. The minimum Gasteiger partial charge on any atom is -0.406 e. The smallest absolute Gasteiger partial charge is 0.406 e. The van der Waals surface area contributed by atoms with Crippen molar-refractivity contribution < 1.29 is 17.9 Å². The summed E-state index contributed by atoms with van der Waals surface area (Å²) < 4.78 is 38.5. The van der Waals surface area contributed by atoms with Crippen LogP contribution in [-0.2, 0) is 0 Å². The van der Waals surface area contributed by atoms with Crippen LogP contribution in [0.3, 0.4) is 0 Å². The highest BCUT2D eigenvalue weighted by molar-refractivity contribution is 14.1. The molecule has 0 aliphatic carbocycles. The molecule has 0 saturated carbocycles. The van der Waals surface area contributed by atoms with Gasteiger partial charge in [0.05, 0.1) is 0 Å². The van der Waals surface area contributed by atoms with Crippen molar-refractivity contribution in [2.45, 2.75) is 27.1 Å². The highest BCUT2D eigenvalue weighted by atomic mass is 127. The van der Waals surface area contributed by atoms with Crippen LogP contribution in [0.4, 0.5) is 13.2 Å². The number of halogens is 4. The minimum absolute atomic E-state index is 0.187. The fraction of sp³-hybridized carbons (Fsp3) is 0.455. The Morgan fingerprint density at radius 1 is 1.00 bits per heavy atom. The zero-order valence-electron chi connectivity index (χ0n) is 9.73. The van der Waals surface area contributed by atoms with Gasteiger partial charge in [0.25, 0.3) is 0 Å². The molecule has 94 valence electrons. The second kappa shape index (κ2) is 9.74. The van der Waals surface area contributed by atoms with Crippen LogP contribution in [-0.4, -0.2) is 11.3 Å². The van der Waals surface area contributed by atoms with Crippen LogP contribution in [0.25, 0.3) is 0 Å². The Hall–Kier alpha value is -0.460. The quantitative estimate of drug-likeness (QED) is 0.514. The highest BCUT2D eigenvalue weighted by Gasteiger charge is 2.30. The first-order valence-electron chi connectivity index (χ1n) is 4.67. The topological polar surface area (TPSA) is 9.23 Å². The van der Waals surface area contributed by atoms with Gasteiger partial charge >= 0.3 is 6.36 Å². The van der Waals surface area contributed by atoms with E-state index >= 15 is 0 Å². The van der Waals surface area contributed by atoms with E-state index in [9.17, 15) is 13.2 Å². The maximum Gasteiger partial charge on any atom is 0.573 e. The summed E-state index contributed by atoms with van der Waals surface area (Å²) in [5, 5.41) is 0. The Balaban J connectivity index is 0. The standard InChI is InChI=1S/C8H7F3O.C2H6.CH3I/c1-6-2-4-7(5-3-6)12-8(9,10)11;2*1-2/h2-5H,1H3;1-2H3;1H3. The summed E-state index contributed by atoms with van der Waals surface area (Å²) in [5.41, 5.74) is 0.893. The zero-order chi connectivity index (χ0) is 13.2. The number of alkyl halides is 4. The van der Waals surface area contributed by atoms with E-state index < -0.39 is 6.36 Å². The van der Waals surface area contributed by atoms with Gasteiger partial charge in [-0.1, -0.05) is 54.1 Å². The number of rotatable bonds is 1. The number of benzene rings is 1. The predicted molar refractivity (Wildman–Crippen MR) is 69.2 cm³/mol. The third-order valence-corrected chi connectivity index (χ3v) is 1.25. The van der Waals surface area contributed by atoms with Gasteiger partial charge < -0.3 is 4.74 Å². The van der Waals surface area contributed by atoms with E-state index in [-0.39, 0.29) is 5.75 Å². The molecule has 0 radical (unpaired) electrons. The highest BCUT2D eigenvalue weighted by Crippen LogP contribution is 2.22. The Bertz CT molecular complexity index is 257. The molecule has 0 heterocycles. The van der Waals surface area contributed by atoms with E-state index in [0.717, 1.165) is 5.56 Å². The van der Waals surface area contributed by atoms with Crippen molar-refractivity contribution in [1.82, 2.24) is 0 Å². The number of ether oxygens (including phenoxy) is 1. The van der Waals surface area contributed by atoms with Gasteiger partial charge in [-0.05, 0) is 24.0 Å². The second-order valence-electron chi connectivity index (χ2n) is 2.36. The Kier molecular flexibility index (Phi) is 10.9. The minimum atomic E-state index is -4.60. The SMILES string of the molecule is CC.CI.Cc1ccc(OC(F)(F)F)cc1. The maximum absolute atomic E-state index is 11.6. The van der Waals surface area contributed by atoms with Crippen molar-refractivity contribution in [2.24, 2.45) is 0 Å². The fourth-order valence-corrected chi connectivity index (χ4v) is 0.740. The first-order chi connectivity index (χ1) is 7.47. The van der Waals surface area contributed by atoms with Gasteiger partial charge in [-0.3, -0.25) is 0 Å². The second-order valence-corrected chi connectivity index (χ2v) is 2.36. The molecular formula is C11H16F3IO. The van der Waals surface area contributed by atoms with Crippen LogP contribution < -0.4 is 4.74 Å². The lowest BCUT2D eigenvalue weighted by molar-refractivity contribution is -0.274. The summed E-state index contributed by atoms with van der Waals surface area (Å²) in [7, 11) is 0. The van der Waals surface area contributed by atoms with Crippen molar-refractivity contribution in [3.8, 4) is 5.75 Å². The molecule has 0 saturated heterocycles. The Labute approximate surface area is 108 Å². The van der Waals surface area contributed by atoms with E-state index in [1.165, 1.54) is 12.1 Å². The van der Waals surface area contributed by atoms with Crippen LogP contribution in [0.2, 0.25) is 0 Å². The molecule has 0 bridgehead atoms. The van der Waals surface area contributed by atoms with E-state index in [2.05, 4.69) is 27.3 Å². The third kappa shape index (κ3) is 10.1. The molecule has 0 spiro atoms. The van der Waals surface area contributed by atoms with Crippen molar-refractivity contribution in [1.29, 1.82) is 0 Å². The van der Waals surface area contributed by atoms with Gasteiger partial charge in [0, 0.05) is 0 Å². The monoisotopic (exact) mass is 348 g/mol. The van der Waals surface area contributed by atoms with Crippen molar-refractivity contribution in [3.63, 3.8) is 0 Å². The average Bonchev–Trinajstić information content (AvgIpc) is 2.25. The lowest BCUT2D eigenvalue weighted by Crippen LogP contribution is -2.16. The van der Waals surface area contributed by atoms with Crippen LogP contribution >= 0.6 is 22.6 Å². The summed E-state index contributed by atoms with van der Waals surface area (Å²) in [4.78, 5) is 1.97. The molecule has 0 atom stereocenters. The van der Waals surface area contributed by atoms with Crippen LogP contribution in [0.5, 0.6) is 5.75 Å². The Morgan fingerprint density at radius 2 is 1.38 bits per heavy atom. The van der Waals surface area contributed by atoms with Gasteiger partial charge in [0.15, 0.2) is 0 Å². The van der Waals surface area contributed by atoms with Crippen LogP contribution in [0.1, 0.15) is 19.4 Å². The third-order valence-electron chi connectivity index (χ3n) is 1.25. The molecule has 0 aliphatic rings. The van der Waals surface area contributed by atoms with Gasteiger partial charge in [-0.25, -0.2) is 0 Å². The molecule has 0 unspecified atom stereocenters. The zero-order valence-corrected chi connectivity index (χ0v) is 11.9. The summed E-state index contributed by atoms with van der Waals surface area (Å²) in [6.45, 7) is 5.79. The molecule has 0 aromatic heterocycles. The molecule has 1 nitrogen and oxygen atoms in total. The van der Waals surface area contributed by atoms with Crippen LogP contribution in [0.15, 0.2) is 24.3 Å². The van der Waals surface area contributed by atoms with Crippen molar-refractivity contribution >= 4 is 22.6 Å². The summed E-state index contributed by atoms with van der Waals surface area (Å²) in [5.74, 6) is -0.187. The normalized spacial score (nSPS) is 9.25. The van der Waals surface area contributed by atoms with E-state index in [1.807, 2.05) is 18.8 Å². The Morgan fingerprint density at radius 3 is 1.69 bits per heavy atom. The molecule has 16 heavy (non-hydrogen) atoms. The predicted octanol–water partition coefficient (Wildman–Crippen LogP) is 4.97. The first kappa shape index (κ1) is 17.9. The first-order valence-corrected chi connectivity index (χ1v) is 6.83. The number of aryl methyl sites for hydroxylation is 1. The average molecular weight is 348 g/mol. The molecule has 1 rings (SSSR count). The van der Waals surface area contributed by atoms with Gasteiger partial charge in [-0.2, -0.15) is 0 Å². The molecule has 0 N–H and O–H groups in total. The number of hydrogen-bond donors (Lipinski definition) is 0. The molecule has 0 amide bonds. The largest absolute Gasteiger partial charge is 0.573 e. The lowest BCUT2D eigenvalue weighted by atomic mass is 10.2.